The van der Waals surface area contributed by atoms with Gasteiger partial charge in [-0.05, 0) is 46.5 Å². The lowest BCUT2D eigenvalue weighted by Gasteiger charge is -2.22. The number of rotatable bonds is 2. The molecule has 1 aliphatic carbocycles. The average molecular weight is 449 g/mol. The molecule has 1 aliphatic rings. The summed E-state index contributed by atoms with van der Waals surface area (Å²) in [5.74, 6) is -3.33. The van der Waals surface area contributed by atoms with Crippen molar-refractivity contribution in [2.75, 3.05) is 0 Å². The van der Waals surface area contributed by atoms with E-state index < -0.39 is 34.2 Å². The number of hydrogen-bond acceptors (Lipinski definition) is 3. The van der Waals surface area contributed by atoms with Gasteiger partial charge >= 0.3 is 6.18 Å². The van der Waals surface area contributed by atoms with Crippen molar-refractivity contribution < 1.29 is 23.1 Å². The zero-order valence-electron chi connectivity index (χ0n) is 17.7. The first-order valence-corrected chi connectivity index (χ1v) is 10.3. The van der Waals surface area contributed by atoms with E-state index in [1.54, 1.807) is 42.5 Å². The van der Waals surface area contributed by atoms with Crippen LogP contribution in [0.2, 0.25) is 0 Å². The Morgan fingerprint density at radius 1 is 0.909 bits per heavy atom. The Bertz CT molecular complexity index is 1520. The summed E-state index contributed by atoms with van der Waals surface area (Å²) in [7, 11) is 0. The maximum Gasteiger partial charge on any atom is 0.455 e. The van der Waals surface area contributed by atoms with Crippen LogP contribution in [-0.4, -0.2) is 21.6 Å². The number of Topliss-reactive ketones (excluding diaryl/α,β-unsaturated/α-hetero) is 1. The summed E-state index contributed by atoms with van der Waals surface area (Å²) in [5.41, 5.74) is 1.08. The van der Waals surface area contributed by atoms with E-state index in [4.69, 9.17) is 0 Å². The van der Waals surface area contributed by atoms with Crippen LogP contribution in [0.1, 0.15) is 35.3 Å². The molecule has 1 N–H and O–H groups in total. The van der Waals surface area contributed by atoms with Crippen LogP contribution in [0.3, 0.4) is 0 Å². The Hall–Kier alpha value is -3.87. The first kappa shape index (κ1) is 21.0. The van der Waals surface area contributed by atoms with Crippen molar-refractivity contribution in [3.63, 3.8) is 0 Å². The van der Waals surface area contributed by atoms with E-state index in [0.29, 0.717) is 0 Å². The largest absolute Gasteiger partial charge is 0.506 e. The molecule has 166 valence electrons. The van der Waals surface area contributed by atoms with E-state index in [-0.39, 0.29) is 16.6 Å². The summed E-state index contributed by atoms with van der Waals surface area (Å²) >= 11 is 0. The third kappa shape index (κ3) is 2.92. The van der Waals surface area contributed by atoms with Crippen LogP contribution in [0, 0.1) is 0 Å². The Morgan fingerprint density at radius 2 is 1.55 bits per heavy atom. The van der Waals surface area contributed by atoms with Crippen LogP contribution < -0.4 is 5.56 Å². The normalized spacial score (nSPS) is 14.2. The average Bonchev–Trinajstić information content (AvgIpc) is 3.00. The molecule has 4 nitrogen and oxygen atoms in total. The molecule has 0 atom stereocenters. The number of halogens is 3. The van der Waals surface area contributed by atoms with Gasteiger partial charge in [-0.3, -0.25) is 14.2 Å². The predicted octanol–water partition coefficient (Wildman–Crippen LogP) is 5.75. The highest BCUT2D eigenvalue weighted by Crippen LogP contribution is 2.50. The van der Waals surface area contributed by atoms with Gasteiger partial charge in [0, 0.05) is 16.5 Å². The summed E-state index contributed by atoms with van der Waals surface area (Å²) in [6, 6.07) is 19.1. The molecule has 0 bridgehead atoms. The molecule has 5 rings (SSSR count). The van der Waals surface area contributed by atoms with E-state index in [0.717, 1.165) is 26.8 Å². The molecule has 0 radical (unpaired) electrons. The number of benzene rings is 3. The summed E-state index contributed by atoms with van der Waals surface area (Å²) in [6.07, 6.45) is -5.31. The zero-order valence-corrected chi connectivity index (χ0v) is 17.7. The second-order valence-electron chi connectivity index (χ2n) is 8.61. The fraction of sp³-hybridized carbons (Fsp3) is 0.154. The number of carbonyl (C=O) groups excluding carboxylic acids is 1. The van der Waals surface area contributed by atoms with E-state index in [9.17, 15) is 27.9 Å². The second-order valence-corrected chi connectivity index (χ2v) is 8.61. The molecule has 1 heterocycles. The SMILES string of the molecule is CC1(C)c2ccccc2-c2cc3c(cc21)c(O)c(C(=O)C(F)(F)F)c(=O)n3-c1ccccc1. The molecule has 0 saturated carbocycles. The molecule has 0 aliphatic heterocycles. The maximum atomic E-state index is 13.3. The highest BCUT2D eigenvalue weighted by molar-refractivity contribution is 6.07. The van der Waals surface area contributed by atoms with Crippen molar-refractivity contribution >= 4 is 16.7 Å². The standard InChI is InChI=1S/C26H18F3NO3/c1-25(2)18-11-7-6-10-15(18)16-13-20-17(12-19(16)25)22(31)21(23(32)26(27,28)29)24(33)30(20)14-8-4-3-5-9-14/h3-13,31H,1-2H3. The number of carbonyl (C=O) groups is 1. The van der Waals surface area contributed by atoms with Crippen molar-refractivity contribution in [2.45, 2.75) is 25.4 Å². The first-order valence-electron chi connectivity index (χ1n) is 10.3. The number of ketones is 1. The number of hydrogen-bond donors (Lipinski definition) is 1. The second kappa shape index (κ2) is 6.81. The van der Waals surface area contributed by atoms with Gasteiger partial charge in [0.15, 0.2) is 0 Å². The van der Waals surface area contributed by atoms with Crippen molar-refractivity contribution in [3.8, 4) is 22.6 Å². The fourth-order valence-electron chi connectivity index (χ4n) is 4.75. The van der Waals surface area contributed by atoms with Gasteiger partial charge in [-0.25, -0.2) is 0 Å². The van der Waals surface area contributed by atoms with Gasteiger partial charge in [0.2, 0.25) is 0 Å². The minimum Gasteiger partial charge on any atom is -0.506 e. The molecule has 0 amide bonds. The van der Waals surface area contributed by atoms with E-state index in [1.165, 1.54) is 0 Å². The number of fused-ring (bicyclic) bond motifs is 4. The van der Waals surface area contributed by atoms with Gasteiger partial charge in [0.1, 0.15) is 11.3 Å². The number of alkyl halides is 3. The van der Waals surface area contributed by atoms with Crippen LogP contribution in [0.5, 0.6) is 5.75 Å². The summed E-state index contributed by atoms with van der Waals surface area (Å²) < 4.78 is 41.1. The van der Waals surface area contributed by atoms with E-state index >= 15 is 0 Å². The first-order chi connectivity index (χ1) is 15.5. The summed E-state index contributed by atoms with van der Waals surface area (Å²) in [5, 5.41) is 10.8. The topological polar surface area (TPSA) is 59.3 Å². The number of para-hydroxylation sites is 1. The quantitative estimate of drug-likeness (QED) is 0.397. The third-order valence-corrected chi connectivity index (χ3v) is 6.35. The molecular formula is C26H18F3NO3. The highest BCUT2D eigenvalue weighted by atomic mass is 19.4. The summed E-state index contributed by atoms with van der Waals surface area (Å²) in [4.78, 5) is 25.4. The van der Waals surface area contributed by atoms with Gasteiger partial charge in [-0.15, -0.1) is 0 Å². The van der Waals surface area contributed by atoms with Crippen molar-refractivity contribution in [2.24, 2.45) is 0 Å². The number of pyridine rings is 1. The third-order valence-electron chi connectivity index (χ3n) is 6.35. The molecule has 1 aromatic heterocycles. The summed E-state index contributed by atoms with van der Waals surface area (Å²) in [6.45, 7) is 3.96. The Morgan fingerprint density at radius 3 is 2.21 bits per heavy atom. The molecule has 4 aromatic rings. The Kier molecular flexibility index (Phi) is 4.34. The van der Waals surface area contributed by atoms with Gasteiger partial charge in [0.25, 0.3) is 11.3 Å². The minimum absolute atomic E-state index is 0.00526. The van der Waals surface area contributed by atoms with Crippen LogP contribution in [0.25, 0.3) is 27.7 Å². The molecule has 7 heteroatoms. The lowest BCUT2D eigenvalue weighted by Crippen LogP contribution is -2.33. The van der Waals surface area contributed by atoms with Gasteiger partial charge in [-0.1, -0.05) is 56.3 Å². The molecule has 33 heavy (non-hydrogen) atoms. The minimum atomic E-state index is -5.31. The number of nitrogens with zero attached hydrogens (tertiary/aromatic N) is 1. The highest BCUT2D eigenvalue weighted by Gasteiger charge is 2.44. The van der Waals surface area contributed by atoms with E-state index in [2.05, 4.69) is 0 Å². The predicted molar refractivity (Wildman–Crippen MR) is 119 cm³/mol. The van der Waals surface area contributed by atoms with Gasteiger partial charge < -0.3 is 5.11 Å². The lowest BCUT2D eigenvalue weighted by molar-refractivity contribution is -0.0887. The van der Waals surface area contributed by atoms with Crippen LogP contribution >= 0.6 is 0 Å². The molecule has 0 unspecified atom stereocenters. The lowest BCUT2D eigenvalue weighted by atomic mass is 9.82. The van der Waals surface area contributed by atoms with Crippen molar-refractivity contribution in [1.82, 2.24) is 4.57 Å². The zero-order chi connectivity index (χ0) is 23.7. The molecule has 3 aromatic carbocycles. The molecular weight excluding hydrogens is 431 g/mol. The number of aromatic nitrogens is 1. The Balaban J connectivity index is 1.97. The molecule has 0 spiro atoms. The van der Waals surface area contributed by atoms with Crippen molar-refractivity contribution in [3.05, 3.63) is 93.8 Å². The smallest absolute Gasteiger partial charge is 0.455 e. The molecule has 0 saturated heterocycles. The Labute approximate surface area is 186 Å². The maximum absolute atomic E-state index is 13.3. The van der Waals surface area contributed by atoms with Crippen molar-refractivity contribution in [1.29, 1.82) is 0 Å². The van der Waals surface area contributed by atoms with Crippen LogP contribution in [-0.2, 0) is 5.41 Å². The van der Waals surface area contributed by atoms with Gasteiger partial charge in [-0.2, -0.15) is 13.2 Å². The van der Waals surface area contributed by atoms with E-state index in [1.807, 2.05) is 38.1 Å². The monoisotopic (exact) mass is 449 g/mol. The number of aromatic hydroxyl groups is 1. The fourth-order valence-corrected chi connectivity index (χ4v) is 4.75. The van der Waals surface area contributed by atoms with Crippen LogP contribution in [0.4, 0.5) is 13.2 Å². The van der Waals surface area contributed by atoms with Gasteiger partial charge in [0.05, 0.1) is 5.52 Å². The van der Waals surface area contributed by atoms with Crippen LogP contribution in [0.15, 0.2) is 71.5 Å². The molecule has 0 fully saturated rings.